The van der Waals surface area contributed by atoms with Crippen LogP contribution in [-0.2, 0) is 6.61 Å². The van der Waals surface area contributed by atoms with Crippen LogP contribution in [0.2, 0.25) is 0 Å². The Morgan fingerprint density at radius 1 is 1.25 bits per heavy atom. The molecule has 1 aliphatic heterocycles. The van der Waals surface area contributed by atoms with Crippen LogP contribution in [0.25, 0.3) is 0 Å². The first-order valence-electron chi connectivity index (χ1n) is 6.18. The largest absolute Gasteiger partial charge is 0.392 e. The fraction of sp³-hybridized carbons (Fsp3) is 0.571. The molecule has 0 atom stereocenters. The van der Waals surface area contributed by atoms with E-state index in [1.165, 1.54) is 18.5 Å². The number of hydrogen-bond acceptors (Lipinski definition) is 2. The van der Waals surface area contributed by atoms with E-state index < -0.39 is 0 Å². The summed E-state index contributed by atoms with van der Waals surface area (Å²) >= 11 is 0. The third-order valence-corrected chi connectivity index (χ3v) is 4.01. The molecule has 88 valence electrons. The molecular weight excluding hydrogens is 198 g/mol. The smallest absolute Gasteiger partial charge is 0.0682 e. The van der Waals surface area contributed by atoms with Crippen molar-refractivity contribution in [2.24, 2.45) is 5.41 Å². The van der Waals surface area contributed by atoms with E-state index in [1.54, 1.807) is 0 Å². The van der Waals surface area contributed by atoms with Gasteiger partial charge in [0.05, 0.1) is 6.61 Å². The normalized spacial score (nSPS) is 18.3. The lowest BCUT2D eigenvalue weighted by atomic mass is 9.75. The number of rotatable bonds is 4. The van der Waals surface area contributed by atoms with Crippen LogP contribution in [0.3, 0.4) is 0 Å². The van der Waals surface area contributed by atoms with Gasteiger partial charge >= 0.3 is 0 Å². The summed E-state index contributed by atoms with van der Waals surface area (Å²) in [5.41, 5.74) is 2.79. The molecule has 2 rings (SSSR count). The minimum Gasteiger partial charge on any atom is -0.392 e. The van der Waals surface area contributed by atoms with Gasteiger partial charge in [0.15, 0.2) is 0 Å². The summed E-state index contributed by atoms with van der Waals surface area (Å²) in [6, 6.07) is 8.22. The monoisotopic (exact) mass is 219 g/mol. The Labute approximate surface area is 97.9 Å². The molecule has 1 aromatic carbocycles. The van der Waals surface area contributed by atoms with E-state index in [0.29, 0.717) is 5.41 Å². The molecule has 0 unspecified atom stereocenters. The summed E-state index contributed by atoms with van der Waals surface area (Å²) in [6.45, 7) is 7.02. The van der Waals surface area contributed by atoms with Crippen molar-refractivity contribution >= 4 is 5.69 Å². The second kappa shape index (κ2) is 4.46. The van der Waals surface area contributed by atoms with E-state index >= 15 is 0 Å². The van der Waals surface area contributed by atoms with Crippen molar-refractivity contribution in [3.63, 3.8) is 0 Å². The van der Waals surface area contributed by atoms with Gasteiger partial charge in [0.1, 0.15) is 0 Å². The lowest BCUT2D eigenvalue weighted by molar-refractivity contribution is 0.194. The highest BCUT2D eigenvalue weighted by Gasteiger charge is 2.39. The van der Waals surface area contributed by atoms with Crippen molar-refractivity contribution < 1.29 is 5.11 Å². The van der Waals surface area contributed by atoms with Gasteiger partial charge in [-0.3, -0.25) is 0 Å². The number of aliphatic hydroxyl groups excluding tert-OH is 1. The van der Waals surface area contributed by atoms with Crippen LogP contribution in [0.5, 0.6) is 0 Å². The molecule has 0 aromatic heterocycles. The molecule has 0 spiro atoms. The van der Waals surface area contributed by atoms with Gasteiger partial charge < -0.3 is 10.0 Å². The average Bonchev–Trinajstić information content (AvgIpc) is 2.29. The Balaban J connectivity index is 2.05. The van der Waals surface area contributed by atoms with Crippen LogP contribution in [0, 0.1) is 5.41 Å². The van der Waals surface area contributed by atoms with Crippen LogP contribution < -0.4 is 4.90 Å². The number of aliphatic hydroxyl groups is 1. The number of benzene rings is 1. The van der Waals surface area contributed by atoms with Crippen molar-refractivity contribution in [3.05, 3.63) is 29.8 Å². The van der Waals surface area contributed by atoms with Crippen LogP contribution in [0.15, 0.2) is 24.3 Å². The second-order valence-corrected chi connectivity index (χ2v) is 4.89. The highest BCUT2D eigenvalue weighted by molar-refractivity contribution is 5.51. The predicted octanol–water partition coefficient (Wildman–Crippen LogP) is 2.81. The minimum atomic E-state index is 0.133. The SMILES string of the molecule is CCC1(CC)CN(c2cccc(CO)c2)C1. The topological polar surface area (TPSA) is 23.5 Å². The highest BCUT2D eigenvalue weighted by Crippen LogP contribution is 2.39. The molecule has 1 saturated heterocycles. The van der Waals surface area contributed by atoms with E-state index in [9.17, 15) is 0 Å². The predicted molar refractivity (Wildman–Crippen MR) is 67.6 cm³/mol. The molecule has 2 nitrogen and oxygen atoms in total. The summed E-state index contributed by atoms with van der Waals surface area (Å²) in [5, 5.41) is 9.11. The summed E-state index contributed by atoms with van der Waals surface area (Å²) in [5.74, 6) is 0. The van der Waals surface area contributed by atoms with Crippen molar-refractivity contribution in [2.45, 2.75) is 33.3 Å². The van der Waals surface area contributed by atoms with Crippen molar-refractivity contribution in [3.8, 4) is 0 Å². The first-order chi connectivity index (χ1) is 7.73. The summed E-state index contributed by atoms with van der Waals surface area (Å²) in [4.78, 5) is 2.41. The molecular formula is C14H21NO. The molecule has 0 aliphatic carbocycles. The molecule has 1 aromatic rings. The molecule has 0 saturated carbocycles. The van der Waals surface area contributed by atoms with Gasteiger partial charge in [-0.15, -0.1) is 0 Å². The average molecular weight is 219 g/mol. The molecule has 0 amide bonds. The number of anilines is 1. The maximum Gasteiger partial charge on any atom is 0.0682 e. The Bertz CT molecular complexity index is 350. The maximum atomic E-state index is 9.11. The standard InChI is InChI=1S/C14H21NO/c1-3-14(4-2)10-15(11-14)13-7-5-6-12(8-13)9-16/h5-8,16H,3-4,9-11H2,1-2H3. The van der Waals surface area contributed by atoms with Gasteiger partial charge in [-0.05, 0) is 30.5 Å². The van der Waals surface area contributed by atoms with Crippen molar-refractivity contribution in [2.75, 3.05) is 18.0 Å². The van der Waals surface area contributed by atoms with Gasteiger partial charge in [0, 0.05) is 24.2 Å². The van der Waals surface area contributed by atoms with Gasteiger partial charge in [0.2, 0.25) is 0 Å². The van der Waals surface area contributed by atoms with E-state index in [1.807, 2.05) is 12.1 Å². The third-order valence-electron chi connectivity index (χ3n) is 4.01. The van der Waals surface area contributed by atoms with E-state index in [0.717, 1.165) is 18.7 Å². The Morgan fingerprint density at radius 3 is 2.50 bits per heavy atom. The zero-order valence-electron chi connectivity index (χ0n) is 10.2. The third kappa shape index (κ3) is 1.94. The quantitative estimate of drug-likeness (QED) is 0.841. The lowest BCUT2D eigenvalue weighted by Gasteiger charge is -2.51. The first-order valence-corrected chi connectivity index (χ1v) is 6.18. The fourth-order valence-corrected chi connectivity index (χ4v) is 2.49. The van der Waals surface area contributed by atoms with Crippen LogP contribution in [0.4, 0.5) is 5.69 Å². The summed E-state index contributed by atoms with van der Waals surface area (Å²) < 4.78 is 0. The van der Waals surface area contributed by atoms with Crippen molar-refractivity contribution in [1.29, 1.82) is 0 Å². The molecule has 1 fully saturated rings. The van der Waals surface area contributed by atoms with Gasteiger partial charge in [-0.25, -0.2) is 0 Å². The highest BCUT2D eigenvalue weighted by atomic mass is 16.3. The van der Waals surface area contributed by atoms with Crippen LogP contribution >= 0.6 is 0 Å². The number of nitrogens with zero attached hydrogens (tertiary/aromatic N) is 1. The molecule has 1 aliphatic rings. The fourth-order valence-electron chi connectivity index (χ4n) is 2.49. The zero-order valence-corrected chi connectivity index (χ0v) is 10.2. The van der Waals surface area contributed by atoms with E-state index in [4.69, 9.17) is 5.11 Å². The maximum absolute atomic E-state index is 9.11. The van der Waals surface area contributed by atoms with E-state index in [-0.39, 0.29) is 6.61 Å². The molecule has 2 heteroatoms. The molecule has 0 radical (unpaired) electrons. The van der Waals surface area contributed by atoms with Gasteiger partial charge in [-0.1, -0.05) is 26.0 Å². The molecule has 16 heavy (non-hydrogen) atoms. The minimum absolute atomic E-state index is 0.133. The van der Waals surface area contributed by atoms with Gasteiger partial charge in [0.25, 0.3) is 0 Å². The Hall–Kier alpha value is -1.02. The summed E-state index contributed by atoms with van der Waals surface area (Å²) in [7, 11) is 0. The second-order valence-electron chi connectivity index (χ2n) is 4.89. The van der Waals surface area contributed by atoms with Gasteiger partial charge in [-0.2, -0.15) is 0 Å². The van der Waals surface area contributed by atoms with Crippen LogP contribution in [-0.4, -0.2) is 18.2 Å². The molecule has 0 bridgehead atoms. The van der Waals surface area contributed by atoms with E-state index in [2.05, 4.69) is 30.9 Å². The lowest BCUT2D eigenvalue weighted by Crippen LogP contribution is -2.55. The zero-order chi connectivity index (χ0) is 11.6. The first kappa shape index (κ1) is 11.5. The molecule has 1 N–H and O–H groups in total. The van der Waals surface area contributed by atoms with Crippen molar-refractivity contribution in [1.82, 2.24) is 0 Å². The Kier molecular flexibility index (Phi) is 3.20. The van der Waals surface area contributed by atoms with Crippen LogP contribution in [0.1, 0.15) is 32.3 Å². The summed E-state index contributed by atoms with van der Waals surface area (Å²) in [6.07, 6.45) is 2.53. The molecule has 1 heterocycles. The Morgan fingerprint density at radius 2 is 1.94 bits per heavy atom. The number of hydrogen-bond donors (Lipinski definition) is 1.